The van der Waals surface area contributed by atoms with Gasteiger partial charge in [-0.1, -0.05) is 36.4 Å². The van der Waals surface area contributed by atoms with Crippen LogP contribution in [0.4, 0.5) is 0 Å². The first-order chi connectivity index (χ1) is 8.65. The molecule has 1 aromatic rings. The molecule has 0 fully saturated rings. The summed E-state index contributed by atoms with van der Waals surface area (Å²) in [6, 6.07) is 8.51. The maximum absolute atomic E-state index is 5.82. The monoisotopic (exact) mass is 248 g/mol. The summed E-state index contributed by atoms with van der Waals surface area (Å²) in [6.45, 7) is 10.6. The Morgan fingerprint density at radius 3 is 2.78 bits per heavy atom. The van der Waals surface area contributed by atoms with E-state index in [1.54, 1.807) is 0 Å². The minimum Gasteiger partial charge on any atom is -0.376 e. The summed E-state index contributed by atoms with van der Waals surface area (Å²) in [5.74, 6) is 0. The molecule has 3 heteroatoms. The second-order valence-corrected chi connectivity index (χ2v) is 4.61. The van der Waals surface area contributed by atoms with Crippen molar-refractivity contribution in [1.29, 1.82) is 0 Å². The maximum Gasteiger partial charge on any atom is 0.0672 e. The van der Waals surface area contributed by atoms with E-state index in [-0.39, 0.29) is 6.04 Å². The molecule has 1 aromatic carbocycles. The largest absolute Gasteiger partial charge is 0.376 e. The molecule has 3 nitrogen and oxygen atoms in total. The van der Waals surface area contributed by atoms with Crippen molar-refractivity contribution in [1.82, 2.24) is 5.32 Å². The van der Waals surface area contributed by atoms with Gasteiger partial charge in [-0.15, -0.1) is 0 Å². The second-order valence-electron chi connectivity index (χ2n) is 4.61. The van der Waals surface area contributed by atoms with Crippen LogP contribution >= 0.6 is 0 Å². The molecule has 0 aliphatic carbocycles. The Morgan fingerprint density at radius 1 is 1.44 bits per heavy atom. The van der Waals surface area contributed by atoms with Gasteiger partial charge in [-0.2, -0.15) is 0 Å². The lowest BCUT2D eigenvalue weighted by molar-refractivity contribution is 0.155. The number of benzene rings is 1. The lowest BCUT2D eigenvalue weighted by Crippen LogP contribution is -2.31. The Balaban J connectivity index is 2.39. The standard InChI is InChI=1S/C15H24N2O/c1-12(2)11-18-9-8-17-15(10-16)14-7-5-4-6-13(14)3/h4-7,15,17H,1,8-11,16H2,2-3H3. The quantitative estimate of drug-likeness (QED) is 0.547. The number of rotatable bonds is 8. The molecule has 0 radical (unpaired) electrons. The molecule has 100 valence electrons. The Morgan fingerprint density at radius 2 is 2.17 bits per heavy atom. The third-order valence-electron chi connectivity index (χ3n) is 2.79. The van der Waals surface area contributed by atoms with E-state index in [4.69, 9.17) is 10.5 Å². The fourth-order valence-electron chi connectivity index (χ4n) is 1.85. The molecule has 0 heterocycles. The zero-order valence-corrected chi connectivity index (χ0v) is 11.4. The van der Waals surface area contributed by atoms with E-state index in [2.05, 4.69) is 31.0 Å². The molecule has 0 saturated heterocycles. The summed E-state index contributed by atoms with van der Waals surface area (Å²) in [5, 5.41) is 3.42. The third-order valence-corrected chi connectivity index (χ3v) is 2.79. The first-order valence-corrected chi connectivity index (χ1v) is 6.36. The highest BCUT2D eigenvalue weighted by Crippen LogP contribution is 2.15. The van der Waals surface area contributed by atoms with Gasteiger partial charge in [-0.3, -0.25) is 0 Å². The van der Waals surface area contributed by atoms with Gasteiger partial charge in [0.25, 0.3) is 0 Å². The number of nitrogens with one attached hydrogen (secondary N) is 1. The van der Waals surface area contributed by atoms with E-state index < -0.39 is 0 Å². The van der Waals surface area contributed by atoms with E-state index in [1.165, 1.54) is 11.1 Å². The molecule has 0 spiro atoms. The van der Waals surface area contributed by atoms with Crippen LogP contribution in [0.15, 0.2) is 36.4 Å². The summed E-state index contributed by atoms with van der Waals surface area (Å²) in [4.78, 5) is 0. The summed E-state index contributed by atoms with van der Waals surface area (Å²) in [6.07, 6.45) is 0. The van der Waals surface area contributed by atoms with Crippen LogP contribution in [0, 0.1) is 6.92 Å². The maximum atomic E-state index is 5.82. The van der Waals surface area contributed by atoms with Gasteiger partial charge < -0.3 is 15.8 Å². The van der Waals surface area contributed by atoms with Crippen LogP contribution in [0.5, 0.6) is 0 Å². The first kappa shape index (κ1) is 14.9. The van der Waals surface area contributed by atoms with Gasteiger partial charge >= 0.3 is 0 Å². The van der Waals surface area contributed by atoms with Crippen molar-refractivity contribution in [3.05, 3.63) is 47.5 Å². The average Bonchev–Trinajstić information content (AvgIpc) is 2.35. The molecule has 0 bridgehead atoms. The molecule has 1 atom stereocenters. The van der Waals surface area contributed by atoms with E-state index in [9.17, 15) is 0 Å². The number of nitrogens with two attached hydrogens (primary N) is 1. The van der Waals surface area contributed by atoms with Crippen LogP contribution in [-0.4, -0.2) is 26.3 Å². The van der Waals surface area contributed by atoms with Crippen molar-refractivity contribution in [3.8, 4) is 0 Å². The van der Waals surface area contributed by atoms with Crippen LogP contribution < -0.4 is 11.1 Å². The van der Waals surface area contributed by atoms with Crippen molar-refractivity contribution >= 4 is 0 Å². The second kappa shape index (κ2) is 8.03. The van der Waals surface area contributed by atoms with Crippen LogP contribution in [0.25, 0.3) is 0 Å². The molecule has 3 N–H and O–H groups in total. The van der Waals surface area contributed by atoms with Crippen molar-refractivity contribution in [2.24, 2.45) is 5.73 Å². The Hall–Kier alpha value is -1.16. The lowest BCUT2D eigenvalue weighted by Gasteiger charge is -2.19. The molecule has 18 heavy (non-hydrogen) atoms. The molecular weight excluding hydrogens is 224 g/mol. The number of hydrogen-bond donors (Lipinski definition) is 2. The van der Waals surface area contributed by atoms with Crippen LogP contribution in [-0.2, 0) is 4.74 Å². The summed E-state index contributed by atoms with van der Waals surface area (Å²) < 4.78 is 5.45. The van der Waals surface area contributed by atoms with Gasteiger partial charge in [-0.25, -0.2) is 0 Å². The number of ether oxygens (including phenoxy) is 1. The van der Waals surface area contributed by atoms with Crippen LogP contribution in [0.2, 0.25) is 0 Å². The zero-order chi connectivity index (χ0) is 13.4. The molecule has 0 saturated carbocycles. The van der Waals surface area contributed by atoms with Gasteiger partial charge in [-0.05, 0) is 25.0 Å². The van der Waals surface area contributed by atoms with Crippen LogP contribution in [0.1, 0.15) is 24.1 Å². The van der Waals surface area contributed by atoms with Gasteiger partial charge in [0.15, 0.2) is 0 Å². The Kier molecular flexibility index (Phi) is 6.65. The molecular formula is C15H24N2O. The van der Waals surface area contributed by atoms with Crippen molar-refractivity contribution in [3.63, 3.8) is 0 Å². The molecule has 1 rings (SSSR count). The normalized spacial score (nSPS) is 12.4. The summed E-state index contributed by atoms with van der Waals surface area (Å²) in [5.41, 5.74) is 9.40. The van der Waals surface area contributed by atoms with E-state index in [0.717, 1.165) is 12.1 Å². The van der Waals surface area contributed by atoms with Crippen molar-refractivity contribution in [2.75, 3.05) is 26.3 Å². The molecule has 0 aromatic heterocycles. The van der Waals surface area contributed by atoms with Gasteiger partial charge in [0, 0.05) is 19.1 Å². The highest BCUT2D eigenvalue weighted by Gasteiger charge is 2.10. The predicted octanol–water partition coefficient (Wildman–Crippen LogP) is 2.18. The zero-order valence-electron chi connectivity index (χ0n) is 11.4. The highest BCUT2D eigenvalue weighted by molar-refractivity contribution is 5.28. The number of aryl methyl sites for hydroxylation is 1. The summed E-state index contributed by atoms with van der Waals surface area (Å²) in [7, 11) is 0. The smallest absolute Gasteiger partial charge is 0.0672 e. The predicted molar refractivity (Wildman–Crippen MR) is 76.6 cm³/mol. The van der Waals surface area contributed by atoms with Crippen LogP contribution in [0.3, 0.4) is 0 Å². The fourth-order valence-corrected chi connectivity index (χ4v) is 1.85. The third kappa shape index (κ3) is 5.00. The Labute approximate surface area is 110 Å². The molecule has 0 aliphatic rings. The lowest BCUT2D eigenvalue weighted by atomic mass is 10.0. The van der Waals surface area contributed by atoms with Crippen molar-refractivity contribution < 1.29 is 4.74 Å². The first-order valence-electron chi connectivity index (χ1n) is 6.36. The van der Waals surface area contributed by atoms with E-state index in [1.807, 2.05) is 19.1 Å². The summed E-state index contributed by atoms with van der Waals surface area (Å²) >= 11 is 0. The average molecular weight is 248 g/mol. The van der Waals surface area contributed by atoms with Gasteiger partial charge in [0.1, 0.15) is 0 Å². The minimum atomic E-state index is 0.194. The van der Waals surface area contributed by atoms with Gasteiger partial charge in [0.2, 0.25) is 0 Å². The SMILES string of the molecule is C=C(C)COCCNC(CN)c1ccccc1C. The molecule has 1 unspecified atom stereocenters. The minimum absolute atomic E-state index is 0.194. The highest BCUT2D eigenvalue weighted by atomic mass is 16.5. The Bertz CT molecular complexity index is 377. The van der Waals surface area contributed by atoms with E-state index >= 15 is 0 Å². The van der Waals surface area contributed by atoms with Gasteiger partial charge in [0.05, 0.1) is 13.2 Å². The topological polar surface area (TPSA) is 47.3 Å². The van der Waals surface area contributed by atoms with E-state index in [0.29, 0.717) is 19.8 Å². The molecule has 0 aliphatic heterocycles. The fraction of sp³-hybridized carbons (Fsp3) is 0.467. The molecule has 0 amide bonds. The van der Waals surface area contributed by atoms with Crippen molar-refractivity contribution in [2.45, 2.75) is 19.9 Å². The number of hydrogen-bond acceptors (Lipinski definition) is 3.